The third-order valence-corrected chi connectivity index (χ3v) is 6.29. The van der Waals surface area contributed by atoms with Crippen LogP contribution in [-0.4, -0.2) is 23.1 Å². The summed E-state index contributed by atoms with van der Waals surface area (Å²) in [6.45, 7) is 4.01. The summed E-state index contributed by atoms with van der Waals surface area (Å²) >= 11 is 1.43. The first kappa shape index (κ1) is 19.4. The maximum atomic E-state index is 12.7. The molecule has 1 unspecified atom stereocenters. The number of hydrogen-bond donors (Lipinski definition) is 1. The molecular weight excluding hydrogens is 392 g/mol. The third kappa shape index (κ3) is 3.72. The summed E-state index contributed by atoms with van der Waals surface area (Å²) in [6, 6.07) is 6.94. The monoisotopic (exact) mass is 414 g/mol. The fourth-order valence-corrected chi connectivity index (χ4v) is 5.15. The molecule has 0 saturated carbocycles. The Labute approximate surface area is 171 Å². The van der Waals surface area contributed by atoms with Crippen molar-refractivity contribution >= 4 is 39.3 Å². The number of hydrogen-bond acceptors (Lipinski definition) is 6. The molecule has 7 nitrogen and oxygen atoms in total. The van der Waals surface area contributed by atoms with Crippen molar-refractivity contribution in [1.82, 2.24) is 4.57 Å². The number of carbonyl (C=O) groups is 2. The number of aromatic nitrogens is 1. The molecule has 2 heterocycles. The van der Waals surface area contributed by atoms with E-state index in [1.54, 1.807) is 31.2 Å². The fraction of sp³-hybridized carbons (Fsp3) is 0.381. The average molecular weight is 414 g/mol. The Bertz CT molecular complexity index is 1140. The highest BCUT2D eigenvalue weighted by molar-refractivity contribution is 7.17. The van der Waals surface area contributed by atoms with Crippen molar-refractivity contribution < 1.29 is 18.7 Å². The Morgan fingerprint density at radius 3 is 2.93 bits per heavy atom. The van der Waals surface area contributed by atoms with Gasteiger partial charge in [-0.25, -0.2) is 9.59 Å². The highest BCUT2D eigenvalue weighted by Gasteiger charge is 2.29. The molecule has 0 spiro atoms. The number of anilines is 1. The lowest BCUT2D eigenvalue weighted by atomic mass is 9.88. The van der Waals surface area contributed by atoms with Crippen molar-refractivity contribution in [2.75, 3.05) is 11.9 Å². The van der Waals surface area contributed by atoms with Gasteiger partial charge in [0.05, 0.1) is 17.7 Å². The van der Waals surface area contributed by atoms with Crippen molar-refractivity contribution in [3.8, 4) is 0 Å². The number of benzene rings is 1. The number of amides is 1. The van der Waals surface area contributed by atoms with Crippen molar-refractivity contribution in [1.29, 1.82) is 0 Å². The first-order valence-corrected chi connectivity index (χ1v) is 10.5. The van der Waals surface area contributed by atoms with Gasteiger partial charge in [0.1, 0.15) is 11.5 Å². The van der Waals surface area contributed by atoms with E-state index in [-0.39, 0.29) is 13.2 Å². The Balaban J connectivity index is 1.63. The van der Waals surface area contributed by atoms with Crippen molar-refractivity contribution in [3.63, 3.8) is 0 Å². The van der Waals surface area contributed by atoms with Gasteiger partial charge in [-0.05, 0) is 49.8 Å². The second-order valence-corrected chi connectivity index (χ2v) is 8.35. The van der Waals surface area contributed by atoms with Crippen LogP contribution in [0.5, 0.6) is 0 Å². The van der Waals surface area contributed by atoms with Crippen LogP contribution in [0.25, 0.3) is 11.1 Å². The molecule has 3 aromatic rings. The molecule has 1 aliphatic rings. The zero-order valence-electron chi connectivity index (χ0n) is 16.3. The molecule has 0 saturated heterocycles. The van der Waals surface area contributed by atoms with Gasteiger partial charge in [0, 0.05) is 4.88 Å². The SMILES string of the molecule is CCOC(=O)c1c(NC(=O)Cn2c(=O)oc3ccccc32)sc2c1CCC(C)C2. The molecule has 4 rings (SSSR count). The van der Waals surface area contributed by atoms with Crippen LogP contribution in [-0.2, 0) is 28.9 Å². The van der Waals surface area contributed by atoms with Gasteiger partial charge in [0.25, 0.3) is 0 Å². The van der Waals surface area contributed by atoms with Crippen LogP contribution in [0.2, 0.25) is 0 Å². The average Bonchev–Trinajstić information content (AvgIpc) is 3.18. The van der Waals surface area contributed by atoms with E-state index in [1.165, 1.54) is 15.9 Å². The van der Waals surface area contributed by atoms with E-state index in [4.69, 9.17) is 9.15 Å². The number of oxazole rings is 1. The lowest BCUT2D eigenvalue weighted by Gasteiger charge is -2.18. The lowest BCUT2D eigenvalue weighted by Crippen LogP contribution is -2.25. The van der Waals surface area contributed by atoms with Crippen LogP contribution >= 0.6 is 11.3 Å². The van der Waals surface area contributed by atoms with Crippen molar-refractivity contribution in [3.05, 3.63) is 50.8 Å². The lowest BCUT2D eigenvalue weighted by molar-refractivity contribution is -0.116. The van der Waals surface area contributed by atoms with Gasteiger partial charge in [-0.2, -0.15) is 0 Å². The predicted molar refractivity (Wildman–Crippen MR) is 111 cm³/mol. The Hall–Kier alpha value is -2.87. The van der Waals surface area contributed by atoms with Crippen LogP contribution in [0.1, 0.15) is 41.1 Å². The number of rotatable bonds is 5. The maximum Gasteiger partial charge on any atom is 0.420 e. The van der Waals surface area contributed by atoms with Gasteiger partial charge < -0.3 is 14.5 Å². The Morgan fingerprint density at radius 2 is 2.14 bits per heavy atom. The maximum absolute atomic E-state index is 12.7. The molecule has 29 heavy (non-hydrogen) atoms. The number of nitrogens with zero attached hydrogens (tertiary/aromatic N) is 1. The largest absolute Gasteiger partial charge is 0.462 e. The molecule has 0 radical (unpaired) electrons. The molecule has 1 aromatic carbocycles. The topological polar surface area (TPSA) is 90.5 Å². The summed E-state index contributed by atoms with van der Waals surface area (Å²) < 4.78 is 11.7. The number of ether oxygens (including phenoxy) is 1. The first-order valence-electron chi connectivity index (χ1n) is 9.67. The smallest absolute Gasteiger partial charge is 0.420 e. The van der Waals surface area contributed by atoms with Crippen LogP contribution in [0, 0.1) is 5.92 Å². The van der Waals surface area contributed by atoms with Gasteiger partial charge in [-0.15, -0.1) is 11.3 Å². The van der Waals surface area contributed by atoms with E-state index < -0.39 is 17.6 Å². The van der Waals surface area contributed by atoms with Gasteiger partial charge in [-0.3, -0.25) is 9.36 Å². The molecule has 152 valence electrons. The summed E-state index contributed by atoms with van der Waals surface area (Å²) in [6.07, 6.45) is 2.68. The molecule has 0 bridgehead atoms. The summed E-state index contributed by atoms with van der Waals surface area (Å²) in [4.78, 5) is 38.5. The fourth-order valence-electron chi connectivity index (χ4n) is 3.73. The minimum Gasteiger partial charge on any atom is -0.462 e. The summed E-state index contributed by atoms with van der Waals surface area (Å²) in [7, 11) is 0. The second-order valence-electron chi connectivity index (χ2n) is 7.25. The minimum absolute atomic E-state index is 0.197. The normalized spacial score (nSPS) is 15.9. The van der Waals surface area contributed by atoms with Gasteiger partial charge >= 0.3 is 11.7 Å². The quantitative estimate of drug-likeness (QED) is 0.644. The standard InChI is InChI=1S/C21H22N2O5S/c1-3-27-20(25)18-13-9-8-12(2)10-16(13)29-19(18)22-17(24)11-23-14-6-4-5-7-15(14)28-21(23)26/h4-7,12H,3,8-11H2,1-2H3,(H,22,24). The summed E-state index contributed by atoms with van der Waals surface area (Å²) in [5, 5.41) is 3.32. The number of nitrogens with one attached hydrogen (secondary N) is 1. The Kier molecular flexibility index (Phi) is 5.27. The number of para-hydroxylation sites is 2. The number of thiophene rings is 1. The van der Waals surface area contributed by atoms with E-state index in [9.17, 15) is 14.4 Å². The van der Waals surface area contributed by atoms with Crippen molar-refractivity contribution in [2.24, 2.45) is 5.92 Å². The predicted octanol–water partition coefficient (Wildman–Crippen LogP) is 3.60. The van der Waals surface area contributed by atoms with Crippen LogP contribution in [0.15, 0.2) is 33.5 Å². The molecule has 2 aromatic heterocycles. The summed E-state index contributed by atoms with van der Waals surface area (Å²) in [5.41, 5.74) is 2.42. The first-order chi connectivity index (χ1) is 14.0. The molecular formula is C21H22N2O5S. The van der Waals surface area contributed by atoms with Gasteiger partial charge in [0.15, 0.2) is 5.58 Å². The zero-order valence-corrected chi connectivity index (χ0v) is 17.1. The van der Waals surface area contributed by atoms with E-state index in [0.717, 1.165) is 29.7 Å². The summed E-state index contributed by atoms with van der Waals surface area (Å²) in [5.74, 6) is -0.862. The third-order valence-electron chi connectivity index (χ3n) is 5.12. The van der Waals surface area contributed by atoms with E-state index in [0.29, 0.717) is 27.6 Å². The molecule has 0 fully saturated rings. The molecule has 0 aliphatic heterocycles. The highest BCUT2D eigenvalue weighted by atomic mass is 32.1. The van der Waals surface area contributed by atoms with Crippen LogP contribution < -0.4 is 11.1 Å². The van der Waals surface area contributed by atoms with E-state index in [1.807, 2.05) is 0 Å². The molecule has 8 heteroatoms. The minimum atomic E-state index is -0.591. The van der Waals surface area contributed by atoms with Gasteiger partial charge in [0.2, 0.25) is 5.91 Å². The molecule has 1 amide bonds. The number of carbonyl (C=O) groups excluding carboxylic acids is 2. The molecule has 1 aliphatic carbocycles. The number of esters is 1. The molecule has 1 N–H and O–H groups in total. The van der Waals surface area contributed by atoms with Gasteiger partial charge in [-0.1, -0.05) is 19.1 Å². The van der Waals surface area contributed by atoms with E-state index in [2.05, 4.69) is 12.2 Å². The zero-order chi connectivity index (χ0) is 20.5. The van der Waals surface area contributed by atoms with Crippen molar-refractivity contribution in [2.45, 2.75) is 39.7 Å². The van der Waals surface area contributed by atoms with E-state index >= 15 is 0 Å². The van der Waals surface area contributed by atoms with Crippen LogP contribution in [0.3, 0.4) is 0 Å². The second kappa shape index (κ2) is 7.87. The highest BCUT2D eigenvalue weighted by Crippen LogP contribution is 2.40. The van der Waals surface area contributed by atoms with Crippen LogP contribution in [0.4, 0.5) is 5.00 Å². The Morgan fingerprint density at radius 1 is 1.34 bits per heavy atom. The molecule has 1 atom stereocenters. The number of fused-ring (bicyclic) bond motifs is 2.